The highest BCUT2D eigenvalue weighted by atomic mass is 35.5. The van der Waals surface area contributed by atoms with Gasteiger partial charge in [-0.1, -0.05) is 29.3 Å². The summed E-state index contributed by atoms with van der Waals surface area (Å²) in [5.74, 6) is -0.775. The number of ketones is 1. The normalized spacial score (nSPS) is 11.4. The van der Waals surface area contributed by atoms with Gasteiger partial charge in [0.1, 0.15) is 21.9 Å². The van der Waals surface area contributed by atoms with E-state index in [2.05, 4.69) is 5.32 Å². The highest BCUT2D eigenvalue weighted by molar-refractivity contribution is 6.55. The molecule has 1 aromatic carbocycles. The maximum Gasteiger partial charge on any atom is 0.235 e. The van der Waals surface area contributed by atoms with Gasteiger partial charge in [-0.3, -0.25) is 9.59 Å². The molecule has 0 saturated carbocycles. The maximum atomic E-state index is 12.0. The number of anilines is 1. The molecule has 0 aliphatic heterocycles. The summed E-state index contributed by atoms with van der Waals surface area (Å²) in [7, 11) is 1.56. The molecular formula is C14H15Cl2NO3. The first kappa shape index (κ1) is 16.5. The van der Waals surface area contributed by atoms with Crippen molar-refractivity contribution in [3.63, 3.8) is 0 Å². The summed E-state index contributed by atoms with van der Waals surface area (Å²) in [4.78, 5) is 23.5. The molecule has 4 nitrogen and oxygen atoms in total. The van der Waals surface area contributed by atoms with Gasteiger partial charge in [0, 0.05) is 5.69 Å². The second-order valence-electron chi connectivity index (χ2n) is 4.11. The van der Waals surface area contributed by atoms with Gasteiger partial charge in [-0.25, -0.2) is 0 Å². The van der Waals surface area contributed by atoms with Crippen LogP contribution in [0.5, 0.6) is 5.75 Å². The quantitative estimate of drug-likeness (QED) is 0.817. The van der Waals surface area contributed by atoms with Gasteiger partial charge in [0.25, 0.3) is 0 Å². The van der Waals surface area contributed by atoms with E-state index in [0.29, 0.717) is 11.4 Å². The fourth-order valence-corrected chi connectivity index (χ4v) is 1.75. The van der Waals surface area contributed by atoms with Crippen molar-refractivity contribution in [2.45, 2.75) is 13.3 Å². The van der Waals surface area contributed by atoms with Crippen LogP contribution in [0.15, 0.2) is 34.8 Å². The molecular weight excluding hydrogens is 301 g/mol. The highest BCUT2D eigenvalue weighted by Gasteiger charge is 2.22. The van der Waals surface area contributed by atoms with Crippen molar-refractivity contribution in [2.75, 3.05) is 12.4 Å². The first-order valence-corrected chi connectivity index (χ1v) is 6.66. The van der Waals surface area contributed by atoms with Crippen molar-refractivity contribution in [3.05, 3.63) is 34.8 Å². The summed E-state index contributed by atoms with van der Waals surface area (Å²) in [6, 6.07) is 6.82. The lowest BCUT2D eigenvalue weighted by molar-refractivity contribution is -0.129. The van der Waals surface area contributed by atoms with E-state index in [1.54, 1.807) is 31.4 Å². The zero-order valence-electron chi connectivity index (χ0n) is 11.2. The van der Waals surface area contributed by atoms with E-state index in [1.807, 2.05) is 0 Å². The highest BCUT2D eigenvalue weighted by Crippen LogP contribution is 2.18. The minimum atomic E-state index is -0.815. The van der Waals surface area contributed by atoms with Crippen molar-refractivity contribution in [1.29, 1.82) is 0 Å². The Bertz CT molecular complexity index is 508. The van der Waals surface area contributed by atoms with Gasteiger partial charge in [-0.15, -0.1) is 0 Å². The number of hydrogen-bond donors (Lipinski definition) is 1. The van der Waals surface area contributed by atoms with Crippen LogP contribution in [0.4, 0.5) is 5.69 Å². The maximum absolute atomic E-state index is 12.0. The third-order valence-electron chi connectivity index (χ3n) is 2.67. The van der Waals surface area contributed by atoms with E-state index in [-0.39, 0.29) is 16.7 Å². The first-order chi connectivity index (χ1) is 9.43. The number of amides is 1. The van der Waals surface area contributed by atoms with Gasteiger partial charge >= 0.3 is 0 Å². The smallest absolute Gasteiger partial charge is 0.235 e. The summed E-state index contributed by atoms with van der Waals surface area (Å²) in [5.41, 5.74) is 0.586. The minimum Gasteiger partial charge on any atom is -0.497 e. The van der Waals surface area contributed by atoms with Gasteiger partial charge in [0.05, 0.1) is 7.11 Å². The monoisotopic (exact) mass is 315 g/mol. The Kier molecular flexibility index (Phi) is 6.55. The summed E-state index contributed by atoms with van der Waals surface area (Å²) in [6.07, 6.45) is 1.60. The van der Waals surface area contributed by atoms with Crippen LogP contribution < -0.4 is 10.1 Å². The Morgan fingerprint density at radius 2 is 1.90 bits per heavy atom. The Morgan fingerprint density at radius 3 is 2.35 bits per heavy atom. The van der Waals surface area contributed by atoms with Crippen LogP contribution in [0.3, 0.4) is 0 Å². The molecule has 20 heavy (non-hydrogen) atoms. The third kappa shape index (κ3) is 5.23. The lowest BCUT2D eigenvalue weighted by atomic mass is 10.00. The zero-order valence-corrected chi connectivity index (χ0v) is 12.7. The molecule has 6 heteroatoms. The van der Waals surface area contributed by atoms with Crippen molar-refractivity contribution in [2.24, 2.45) is 5.92 Å². The van der Waals surface area contributed by atoms with Crippen LogP contribution >= 0.6 is 23.2 Å². The topological polar surface area (TPSA) is 55.4 Å². The number of methoxy groups -OCH3 is 1. The Balaban J connectivity index is 2.74. The van der Waals surface area contributed by atoms with Crippen molar-refractivity contribution < 1.29 is 14.3 Å². The predicted molar refractivity (Wildman–Crippen MR) is 80.2 cm³/mol. The molecule has 0 aliphatic rings. The molecule has 0 spiro atoms. The van der Waals surface area contributed by atoms with Crippen molar-refractivity contribution in [1.82, 2.24) is 0 Å². The van der Waals surface area contributed by atoms with Gasteiger partial charge in [0.15, 0.2) is 0 Å². The number of carbonyl (C=O) groups excluding carboxylic acids is 2. The molecule has 1 rings (SSSR count). The summed E-state index contributed by atoms with van der Waals surface area (Å²) in [5, 5.41) is 2.67. The molecule has 0 fully saturated rings. The molecule has 0 aromatic heterocycles. The van der Waals surface area contributed by atoms with E-state index < -0.39 is 11.8 Å². The van der Waals surface area contributed by atoms with Crippen molar-refractivity contribution in [3.8, 4) is 5.75 Å². The van der Waals surface area contributed by atoms with Crippen LogP contribution in [-0.4, -0.2) is 18.8 Å². The number of nitrogens with one attached hydrogen (secondary N) is 1. The number of Topliss-reactive ketones (excluding diaryl/α,β-unsaturated/α-hetero) is 1. The number of allylic oxidation sites excluding steroid dienone is 1. The fourth-order valence-electron chi connectivity index (χ4n) is 1.57. The lowest BCUT2D eigenvalue weighted by Gasteiger charge is -2.12. The van der Waals surface area contributed by atoms with Gasteiger partial charge in [0.2, 0.25) is 5.91 Å². The number of rotatable bonds is 6. The molecule has 1 N–H and O–H groups in total. The summed E-state index contributed by atoms with van der Waals surface area (Å²) < 4.78 is 5.06. The molecule has 1 atom stereocenters. The van der Waals surface area contributed by atoms with E-state index in [4.69, 9.17) is 27.9 Å². The molecule has 0 radical (unpaired) electrons. The second kappa shape index (κ2) is 7.92. The molecule has 0 heterocycles. The van der Waals surface area contributed by atoms with Crippen LogP contribution in [0.25, 0.3) is 0 Å². The average Bonchev–Trinajstić information content (AvgIpc) is 2.39. The van der Waals surface area contributed by atoms with E-state index >= 15 is 0 Å². The Morgan fingerprint density at radius 1 is 1.30 bits per heavy atom. The molecule has 108 valence electrons. The third-order valence-corrected chi connectivity index (χ3v) is 2.98. The number of benzene rings is 1. The van der Waals surface area contributed by atoms with Gasteiger partial charge in [-0.2, -0.15) is 0 Å². The second-order valence-corrected chi connectivity index (χ2v) is 5.12. The van der Waals surface area contributed by atoms with Crippen molar-refractivity contribution >= 4 is 40.6 Å². The number of ether oxygens (including phenoxy) is 1. The van der Waals surface area contributed by atoms with Gasteiger partial charge in [-0.05, 0) is 37.6 Å². The minimum absolute atomic E-state index is 0.0356. The molecule has 0 saturated heterocycles. The number of halogens is 2. The molecule has 1 amide bonds. The van der Waals surface area contributed by atoms with Crippen LogP contribution in [-0.2, 0) is 9.59 Å². The van der Waals surface area contributed by atoms with Crippen LogP contribution in [0, 0.1) is 5.92 Å². The zero-order chi connectivity index (χ0) is 15.1. The predicted octanol–water partition coefficient (Wildman–Crippen LogP) is 3.55. The van der Waals surface area contributed by atoms with E-state index in [1.165, 1.54) is 13.0 Å². The standard InChI is InChI=1S/C14H15Cl2NO3/c1-9(18)12(7-8-13(15)16)14(19)17-10-3-5-11(20-2)6-4-10/h3-6,8,12H,7H2,1-2H3,(H,17,19)/t12-/m1/s1. The van der Waals surface area contributed by atoms with Gasteiger partial charge < -0.3 is 10.1 Å². The molecule has 0 bridgehead atoms. The molecule has 0 aliphatic carbocycles. The largest absolute Gasteiger partial charge is 0.497 e. The fraction of sp³-hybridized carbons (Fsp3) is 0.286. The Labute approximate surface area is 127 Å². The Hall–Kier alpha value is -1.52. The lowest BCUT2D eigenvalue weighted by Crippen LogP contribution is -2.27. The summed E-state index contributed by atoms with van der Waals surface area (Å²) >= 11 is 11.0. The molecule has 1 aromatic rings. The van der Waals surface area contributed by atoms with E-state index in [9.17, 15) is 9.59 Å². The van der Waals surface area contributed by atoms with E-state index in [0.717, 1.165) is 0 Å². The number of carbonyl (C=O) groups is 2. The first-order valence-electron chi connectivity index (χ1n) is 5.90. The molecule has 0 unspecified atom stereocenters. The number of hydrogen-bond acceptors (Lipinski definition) is 3. The SMILES string of the molecule is COc1ccc(NC(=O)[C@H](CC=C(Cl)Cl)C(C)=O)cc1. The average molecular weight is 316 g/mol. The summed E-state index contributed by atoms with van der Waals surface area (Å²) in [6.45, 7) is 1.36. The van der Waals surface area contributed by atoms with Crippen LogP contribution in [0.1, 0.15) is 13.3 Å². The van der Waals surface area contributed by atoms with Crippen LogP contribution in [0.2, 0.25) is 0 Å².